The van der Waals surface area contributed by atoms with Gasteiger partial charge in [0.2, 0.25) is 0 Å². The summed E-state index contributed by atoms with van der Waals surface area (Å²) in [6.07, 6.45) is 0. The highest BCUT2D eigenvalue weighted by Crippen LogP contribution is 2.20. The molecule has 0 aromatic rings. The SMILES string of the molecule is CC(O)(CO)C(O)(CO)CO. The lowest BCUT2D eigenvalue weighted by molar-refractivity contribution is -0.196. The largest absolute Gasteiger partial charge is 0.393 e. The van der Waals surface area contributed by atoms with Gasteiger partial charge < -0.3 is 25.5 Å². The van der Waals surface area contributed by atoms with E-state index in [2.05, 4.69) is 0 Å². The summed E-state index contributed by atoms with van der Waals surface area (Å²) >= 11 is 0. The Bertz CT molecular complexity index is 118. The average molecular weight is 166 g/mol. The van der Waals surface area contributed by atoms with Crippen LogP contribution in [0.5, 0.6) is 0 Å². The van der Waals surface area contributed by atoms with E-state index in [1.165, 1.54) is 0 Å². The molecule has 1 atom stereocenters. The second-order valence-corrected chi connectivity index (χ2v) is 2.78. The van der Waals surface area contributed by atoms with Crippen molar-refractivity contribution in [2.75, 3.05) is 19.8 Å². The van der Waals surface area contributed by atoms with Crippen LogP contribution >= 0.6 is 0 Å². The number of hydrogen-bond acceptors (Lipinski definition) is 5. The van der Waals surface area contributed by atoms with Crippen LogP contribution in [-0.2, 0) is 0 Å². The van der Waals surface area contributed by atoms with E-state index in [1.54, 1.807) is 0 Å². The molecule has 0 fully saturated rings. The Hall–Kier alpha value is -0.200. The van der Waals surface area contributed by atoms with Crippen LogP contribution in [0.2, 0.25) is 0 Å². The minimum Gasteiger partial charge on any atom is -0.393 e. The zero-order valence-corrected chi connectivity index (χ0v) is 6.36. The van der Waals surface area contributed by atoms with Crippen LogP contribution in [-0.4, -0.2) is 56.6 Å². The third-order valence-corrected chi connectivity index (χ3v) is 1.83. The van der Waals surface area contributed by atoms with Gasteiger partial charge >= 0.3 is 0 Å². The van der Waals surface area contributed by atoms with E-state index in [1.807, 2.05) is 0 Å². The van der Waals surface area contributed by atoms with Crippen LogP contribution < -0.4 is 0 Å². The van der Waals surface area contributed by atoms with Gasteiger partial charge in [-0.2, -0.15) is 0 Å². The minimum atomic E-state index is -2.05. The second kappa shape index (κ2) is 3.46. The van der Waals surface area contributed by atoms with Crippen molar-refractivity contribution in [1.82, 2.24) is 0 Å². The van der Waals surface area contributed by atoms with E-state index in [0.717, 1.165) is 6.92 Å². The topological polar surface area (TPSA) is 101 Å². The summed E-state index contributed by atoms with van der Waals surface area (Å²) in [5, 5.41) is 44.2. The highest BCUT2D eigenvalue weighted by atomic mass is 16.4. The van der Waals surface area contributed by atoms with Crippen molar-refractivity contribution in [3.05, 3.63) is 0 Å². The summed E-state index contributed by atoms with van der Waals surface area (Å²) in [4.78, 5) is 0. The van der Waals surface area contributed by atoms with E-state index < -0.39 is 31.0 Å². The number of hydrogen-bond donors (Lipinski definition) is 5. The summed E-state index contributed by atoms with van der Waals surface area (Å²) in [7, 11) is 0. The first kappa shape index (κ1) is 10.8. The summed E-state index contributed by atoms with van der Waals surface area (Å²) in [6, 6.07) is 0. The van der Waals surface area contributed by atoms with Crippen LogP contribution in [0.25, 0.3) is 0 Å². The standard InChI is InChI=1S/C6H14O5/c1-5(10,2-7)6(11,3-8)4-9/h7-11H,2-4H2,1H3. The fourth-order valence-corrected chi connectivity index (χ4v) is 0.538. The maximum Gasteiger partial charge on any atom is 0.141 e. The molecule has 0 amide bonds. The zero-order valence-electron chi connectivity index (χ0n) is 6.36. The van der Waals surface area contributed by atoms with Crippen molar-refractivity contribution in [1.29, 1.82) is 0 Å². The molecule has 0 rings (SSSR count). The molecule has 0 aromatic carbocycles. The van der Waals surface area contributed by atoms with Gasteiger partial charge in [0, 0.05) is 0 Å². The van der Waals surface area contributed by atoms with E-state index in [9.17, 15) is 10.2 Å². The van der Waals surface area contributed by atoms with Gasteiger partial charge in [-0.05, 0) is 6.92 Å². The Morgan fingerprint density at radius 2 is 1.27 bits per heavy atom. The predicted octanol–water partition coefficient (Wildman–Crippen LogP) is -2.55. The second-order valence-electron chi connectivity index (χ2n) is 2.78. The molecule has 5 heteroatoms. The molecule has 11 heavy (non-hydrogen) atoms. The van der Waals surface area contributed by atoms with Gasteiger partial charge in [-0.3, -0.25) is 0 Å². The first-order valence-corrected chi connectivity index (χ1v) is 3.21. The van der Waals surface area contributed by atoms with Gasteiger partial charge in [0.15, 0.2) is 0 Å². The smallest absolute Gasteiger partial charge is 0.141 e. The summed E-state index contributed by atoms with van der Waals surface area (Å²) < 4.78 is 0. The van der Waals surface area contributed by atoms with Crippen molar-refractivity contribution >= 4 is 0 Å². The number of aliphatic hydroxyl groups is 5. The highest BCUT2D eigenvalue weighted by Gasteiger charge is 2.44. The summed E-state index contributed by atoms with van der Waals surface area (Å²) in [5.41, 5.74) is -3.95. The van der Waals surface area contributed by atoms with Crippen LogP contribution in [0.4, 0.5) is 0 Å². The normalized spacial score (nSPS) is 18.0. The lowest BCUT2D eigenvalue weighted by Crippen LogP contribution is -2.59. The van der Waals surface area contributed by atoms with Gasteiger partial charge in [0.25, 0.3) is 0 Å². The molecule has 0 radical (unpaired) electrons. The molecule has 0 spiro atoms. The van der Waals surface area contributed by atoms with Gasteiger partial charge in [0.1, 0.15) is 11.2 Å². The Morgan fingerprint density at radius 1 is 0.909 bits per heavy atom. The van der Waals surface area contributed by atoms with Crippen LogP contribution in [0.15, 0.2) is 0 Å². The van der Waals surface area contributed by atoms with Crippen molar-refractivity contribution in [2.45, 2.75) is 18.1 Å². The minimum absolute atomic E-state index is 0.732. The van der Waals surface area contributed by atoms with Crippen molar-refractivity contribution in [3.8, 4) is 0 Å². The molecule has 0 heterocycles. The molecule has 5 nitrogen and oxygen atoms in total. The first-order valence-electron chi connectivity index (χ1n) is 3.21. The molecule has 0 saturated carbocycles. The maximum absolute atomic E-state index is 9.25. The molecule has 0 aromatic heterocycles. The average Bonchev–Trinajstić information content (AvgIpc) is 2.02. The van der Waals surface area contributed by atoms with Crippen LogP contribution in [0, 0.1) is 0 Å². The summed E-state index contributed by atoms with van der Waals surface area (Å²) in [6.45, 7) is -1.22. The lowest BCUT2D eigenvalue weighted by Gasteiger charge is -2.36. The zero-order chi connectivity index (χ0) is 9.12. The molecule has 0 aliphatic rings. The molecular weight excluding hydrogens is 152 g/mol. The highest BCUT2D eigenvalue weighted by molar-refractivity contribution is 4.95. The van der Waals surface area contributed by atoms with Crippen molar-refractivity contribution < 1.29 is 25.5 Å². The Balaban J connectivity index is 4.47. The van der Waals surface area contributed by atoms with E-state index in [0.29, 0.717) is 0 Å². The third kappa shape index (κ3) is 1.88. The Morgan fingerprint density at radius 3 is 1.36 bits per heavy atom. The molecule has 5 N–H and O–H groups in total. The predicted molar refractivity (Wildman–Crippen MR) is 36.8 cm³/mol. The number of rotatable bonds is 4. The Labute approximate surface area is 64.5 Å². The monoisotopic (exact) mass is 166 g/mol. The molecule has 0 aliphatic carbocycles. The van der Waals surface area contributed by atoms with E-state index in [4.69, 9.17) is 15.3 Å². The number of aliphatic hydroxyl groups excluding tert-OH is 3. The molecule has 0 aliphatic heterocycles. The molecule has 68 valence electrons. The molecule has 1 unspecified atom stereocenters. The fraction of sp³-hybridized carbons (Fsp3) is 1.00. The van der Waals surface area contributed by atoms with E-state index >= 15 is 0 Å². The van der Waals surface area contributed by atoms with Crippen LogP contribution in [0.1, 0.15) is 6.92 Å². The Kier molecular flexibility index (Phi) is 3.40. The van der Waals surface area contributed by atoms with E-state index in [-0.39, 0.29) is 0 Å². The quantitative estimate of drug-likeness (QED) is 0.316. The molecule has 0 bridgehead atoms. The van der Waals surface area contributed by atoms with Crippen molar-refractivity contribution in [2.24, 2.45) is 0 Å². The van der Waals surface area contributed by atoms with Gasteiger partial charge in [-0.15, -0.1) is 0 Å². The van der Waals surface area contributed by atoms with Gasteiger partial charge in [-0.1, -0.05) is 0 Å². The maximum atomic E-state index is 9.25. The molecular formula is C6H14O5. The fourth-order valence-electron chi connectivity index (χ4n) is 0.538. The first-order chi connectivity index (χ1) is 4.93. The van der Waals surface area contributed by atoms with Gasteiger partial charge in [-0.25, -0.2) is 0 Å². The van der Waals surface area contributed by atoms with Crippen LogP contribution in [0.3, 0.4) is 0 Å². The third-order valence-electron chi connectivity index (χ3n) is 1.83. The lowest BCUT2D eigenvalue weighted by atomic mass is 9.86. The van der Waals surface area contributed by atoms with Crippen molar-refractivity contribution in [3.63, 3.8) is 0 Å². The molecule has 0 saturated heterocycles. The van der Waals surface area contributed by atoms with Gasteiger partial charge in [0.05, 0.1) is 19.8 Å². The summed E-state index contributed by atoms with van der Waals surface area (Å²) in [5.74, 6) is 0.